The summed E-state index contributed by atoms with van der Waals surface area (Å²) in [6, 6.07) is 17.2. The lowest BCUT2D eigenvalue weighted by atomic mass is 10.1. The number of carbonyl (C=O) groups excluding carboxylic acids is 1. The number of para-hydroxylation sites is 1. The minimum Gasteiger partial charge on any atom is -0.450 e. The molecule has 0 aliphatic carbocycles. The van der Waals surface area contributed by atoms with E-state index in [0.29, 0.717) is 28.0 Å². The number of rotatable bonds is 5. The zero-order valence-electron chi connectivity index (χ0n) is 16.8. The van der Waals surface area contributed by atoms with Crippen LogP contribution in [0.1, 0.15) is 22.2 Å². The normalized spacial score (nSPS) is 11.0. The SMILES string of the molecule is Cc1onc(-c2ccccc2)c1-c1nnc(COC(=O)c2cc(=O)c3ccccc3o2)o1. The topological polar surface area (TPSA) is 121 Å². The number of ether oxygens (including phenoxy) is 1. The van der Waals surface area contributed by atoms with Crippen LogP contribution in [-0.2, 0) is 11.3 Å². The maximum atomic E-state index is 12.4. The van der Waals surface area contributed by atoms with Crippen molar-refractivity contribution < 1.29 is 22.9 Å². The molecule has 32 heavy (non-hydrogen) atoms. The van der Waals surface area contributed by atoms with E-state index in [1.54, 1.807) is 31.2 Å². The molecule has 0 spiro atoms. The fraction of sp³-hybridized carbons (Fsp3) is 0.0870. The van der Waals surface area contributed by atoms with Gasteiger partial charge in [-0.25, -0.2) is 4.79 Å². The summed E-state index contributed by atoms with van der Waals surface area (Å²) in [6.07, 6.45) is 0. The van der Waals surface area contributed by atoms with Crippen LogP contribution in [0.4, 0.5) is 0 Å². The van der Waals surface area contributed by atoms with Gasteiger partial charge in [0, 0.05) is 11.6 Å². The first-order valence-corrected chi connectivity index (χ1v) is 9.64. The van der Waals surface area contributed by atoms with Crippen LogP contribution >= 0.6 is 0 Å². The number of hydrogen-bond acceptors (Lipinski definition) is 9. The third kappa shape index (κ3) is 3.56. The molecule has 0 N–H and O–H groups in total. The van der Waals surface area contributed by atoms with Crippen molar-refractivity contribution >= 4 is 16.9 Å². The van der Waals surface area contributed by atoms with Crippen LogP contribution in [0.2, 0.25) is 0 Å². The van der Waals surface area contributed by atoms with E-state index in [4.69, 9.17) is 18.1 Å². The van der Waals surface area contributed by atoms with Crippen molar-refractivity contribution in [1.29, 1.82) is 0 Å². The third-order valence-corrected chi connectivity index (χ3v) is 4.75. The van der Waals surface area contributed by atoms with Gasteiger partial charge in [-0.2, -0.15) is 0 Å². The molecular weight excluding hydrogens is 414 g/mol. The molecule has 3 heterocycles. The average molecular weight is 429 g/mol. The fourth-order valence-corrected chi connectivity index (χ4v) is 3.23. The Kier molecular flexibility index (Phi) is 4.83. The molecule has 158 valence electrons. The molecule has 0 aliphatic rings. The minimum atomic E-state index is -0.821. The first kappa shape index (κ1) is 19.4. The highest BCUT2D eigenvalue weighted by atomic mass is 16.6. The number of aromatic nitrogens is 3. The Labute approximate surface area is 180 Å². The molecule has 9 nitrogen and oxygen atoms in total. The van der Waals surface area contributed by atoms with Gasteiger partial charge in [0.05, 0.1) is 5.39 Å². The Morgan fingerprint density at radius 1 is 1.00 bits per heavy atom. The lowest BCUT2D eigenvalue weighted by Gasteiger charge is -2.03. The van der Waals surface area contributed by atoms with Crippen molar-refractivity contribution in [2.45, 2.75) is 13.5 Å². The molecule has 5 rings (SSSR count). The first-order chi connectivity index (χ1) is 15.6. The van der Waals surface area contributed by atoms with E-state index in [1.165, 1.54) is 0 Å². The quantitative estimate of drug-likeness (QED) is 0.379. The number of carbonyl (C=O) groups is 1. The number of aryl methyl sites for hydroxylation is 1. The summed E-state index contributed by atoms with van der Waals surface area (Å²) in [6.45, 7) is 1.44. The molecule has 0 amide bonds. The smallest absolute Gasteiger partial charge is 0.374 e. The van der Waals surface area contributed by atoms with Gasteiger partial charge >= 0.3 is 5.97 Å². The minimum absolute atomic E-state index is 0.0658. The summed E-state index contributed by atoms with van der Waals surface area (Å²) in [4.78, 5) is 24.5. The Bertz CT molecular complexity index is 1480. The number of hydrogen-bond donors (Lipinski definition) is 0. The largest absolute Gasteiger partial charge is 0.450 e. The zero-order valence-corrected chi connectivity index (χ0v) is 16.8. The maximum Gasteiger partial charge on any atom is 0.374 e. The summed E-state index contributed by atoms with van der Waals surface area (Å²) in [5.41, 5.74) is 1.91. The van der Waals surface area contributed by atoms with Crippen molar-refractivity contribution in [3.63, 3.8) is 0 Å². The van der Waals surface area contributed by atoms with Gasteiger partial charge < -0.3 is 18.1 Å². The van der Waals surface area contributed by atoms with Crippen molar-refractivity contribution in [2.75, 3.05) is 0 Å². The third-order valence-electron chi connectivity index (χ3n) is 4.75. The number of fused-ring (bicyclic) bond motifs is 1. The number of benzene rings is 2. The fourth-order valence-electron chi connectivity index (χ4n) is 3.23. The maximum absolute atomic E-state index is 12.4. The Morgan fingerprint density at radius 3 is 2.62 bits per heavy atom. The predicted octanol–water partition coefficient (Wildman–Crippen LogP) is 4.16. The van der Waals surface area contributed by atoms with E-state index in [-0.39, 0.29) is 29.6 Å². The Morgan fingerprint density at radius 2 is 1.78 bits per heavy atom. The second-order valence-electron chi connectivity index (χ2n) is 6.88. The first-order valence-electron chi connectivity index (χ1n) is 9.64. The van der Waals surface area contributed by atoms with Gasteiger partial charge in [-0.1, -0.05) is 47.6 Å². The second-order valence-corrected chi connectivity index (χ2v) is 6.88. The number of esters is 1. The van der Waals surface area contributed by atoms with Crippen LogP contribution in [0.3, 0.4) is 0 Å². The van der Waals surface area contributed by atoms with Gasteiger partial charge in [-0.05, 0) is 19.1 Å². The molecule has 9 heteroatoms. The van der Waals surface area contributed by atoms with Crippen molar-refractivity contribution in [3.8, 4) is 22.7 Å². The van der Waals surface area contributed by atoms with Crippen molar-refractivity contribution in [2.24, 2.45) is 0 Å². The van der Waals surface area contributed by atoms with Crippen LogP contribution in [-0.4, -0.2) is 21.3 Å². The summed E-state index contributed by atoms with van der Waals surface area (Å²) < 4.78 is 21.6. The molecule has 0 aliphatic heterocycles. The zero-order chi connectivity index (χ0) is 22.1. The van der Waals surface area contributed by atoms with Crippen LogP contribution < -0.4 is 5.43 Å². The van der Waals surface area contributed by atoms with Gasteiger partial charge in [0.1, 0.15) is 22.6 Å². The van der Waals surface area contributed by atoms with E-state index in [2.05, 4.69) is 15.4 Å². The van der Waals surface area contributed by atoms with E-state index in [1.807, 2.05) is 30.3 Å². The second kappa shape index (κ2) is 7.95. The molecular formula is C23H15N3O6. The van der Waals surface area contributed by atoms with Gasteiger partial charge in [-0.3, -0.25) is 4.79 Å². The Balaban J connectivity index is 1.36. The molecule has 0 atom stereocenters. The van der Waals surface area contributed by atoms with E-state index >= 15 is 0 Å². The summed E-state index contributed by atoms with van der Waals surface area (Å²) in [7, 11) is 0. The molecule has 5 aromatic rings. The lowest BCUT2D eigenvalue weighted by Crippen LogP contribution is -2.10. The van der Waals surface area contributed by atoms with Gasteiger partial charge in [0.2, 0.25) is 5.76 Å². The average Bonchev–Trinajstić information content (AvgIpc) is 3.44. The standard InChI is InChI=1S/C23H15N3O6/c1-13-20(21(26-32-13)14-7-3-2-4-8-14)22-25-24-19(31-22)12-29-23(28)18-11-16(27)15-9-5-6-10-17(15)30-18/h2-11H,12H2,1H3. The molecule has 3 aromatic heterocycles. The molecule has 0 bridgehead atoms. The van der Waals surface area contributed by atoms with Crippen LogP contribution in [0, 0.1) is 6.92 Å². The summed E-state index contributed by atoms with van der Waals surface area (Å²) >= 11 is 0. The van der Waals surface area contributed by atoms with Crippen LogP contribution in [0.5, 0.6) is 0 Å². The molecule has 0 radical (unpaired) electrons. The van der Waals surface area contributed by atoms with E-state index in [9.17, 15) is 9.59 Å². The van der Waals surface area contributed by atoms with Crippen LogP contribution in [0.25, 0.3) is 33.7 Å². The van der Waals surface area contributed by atoms with E-state index in [0.717, 1.165) is 11.6 Å². The van der Waals surface area contributed by atoms with Crippen LogP contribution in [0.15, 0.2) is 78.8 Å². The van der Waals surface area contributed by atoms with Crippen molar-refractivity contribution in [1.82, 2.24) is 15.4 Å². The highest BCUT2D eigenvalue weighted by Crippen LogP contribution is 2.33. The lowest BCUT2D eigenvalue weighted by molar-refractivity contribution is 0.0403. The molecule has 0 fully saturated rings. The van der Waals surface area contributed by atoms with Crippen molar-refractivity contribution in [3.05, 3.63) is 88.3 Å². The highest BCUT2D eigenvalue weighted by molar-refractivity contribution is 5.88. The van der Waals surface area contributed by atoms with Gasteiger partial charge in [0.15, 0.2) is 12.0 Å². The molecule has 0 saturated carbocycles. The van der Waals surface area contributed by atoms with E-state index < -0.39 is 5.97 Å². The number of nitrogens with zero attached hydrogens (tertiary/aromatic N) is 3. The highest BCUT2D eigenvalue weighted by Gasteiger charge is 2.22. The Hall–Kier alpha value is -4.53. The molecule has 0 saturated heterocycles. The molecule has 0 unspecified atom stereocenters. The van der Waals surface area contributed by atoms with Gasteiger partial charge in [-0.15, -0.1) is 10.2 Å². The molecule has 2 aromatic carbocycles. The summed E-state index contributed by atoms with van der Waals surface area (Å²) in [5, 5.41) is 12.4. The summed E-state index contributed by atoms with van der Waals surface area (Å²) in [5.74, 6) is -0.274. The van der Waals surface area contributed by atoms with Gasteiger partial charge in [0.25, 0.3) is 11.8 Å². The monoisotopic (exact) mass is 429 g/mol. The predicted molar refractivity (Wildman–Crippen MR) is 112 cm³/mol.